The summed E-state index contributed by atoms with van der Waals surface area (Å²) in [5, 5.41) is 7.13. The van der Waals surface area contributed by atoms with Gasteiger partial charge in [0, 0.05) is 30.3 Å². The molecule has 2 aromatic rings. The van der Waals surface area contributed by atoms with E-state index in [1.165, 1.54) is 10.7 Å². The SMILES string of the molecule is Cc1c([C@@H](C)NC(=O)[C@H]2CC(=O)N(C(C)C)C2)cnn1-c1cccc(C(F)(F)F)c1. The van der Waals surface area contributed by atoms with Gasteiger partial charge in [0.05, 0.1) is 29.4 Å². The van der Waals surface area contributed by atoms with E-state index in [1.54, 1.807) is 31.0 Å². The van der Waals surface area contributed by atoms with Gasteiger partial charge in [-0.25, -0.2) is 4.68 Å². The van der Waals surface area contributed by atoms with Crippen LogP contribution in [-0.4, -0.2) is 39.1 Å². The summed E-state index contributed by atoms with van der Waals surface area (Å²) >= 11 is 0. The quantitative estimate of drug-likeness (QED) is 0.800. The van der Waals surface area contributed by atoms with Gasteiger partial charge < -0.3 is 10.2 Å². The third-order valence-corrected chi connectivity index (χ3v) is 5.44. The molecule has 0 unspecified atom stereocenters. The molecule has 0 bridgehead atoms. The fourth-order valence-corrected chi connectivity index (χ4v) is 3.74. The average molecular weight is 422 g/mol. The number of nitrogens with one attached hydrogen (secondary N) is 1. The maximum atomic E-state index is 13.0. The van der Waals surface area contributed by atoms with Crippen molar-refractivity contribution < 1.29 is 22.8 Å². The number of carbonyl (C=O) groups is 2. The smallest absolute Gasteiger partial charge is 0.349 e. The highest BCUT2D eigenvalue weighted by atomic mass is 19.4. The molecule has 0 saturated carbocycles. The summed E-state index contributed by atoms with van der Waals surface area (Å²) in [6.45, 7) is 7.73. The molecule has 2 heterocycles. The van der Waals surface area contributed by atoms with Gasteiger partial charge in [-0.2, -0.15) is 18.3 Å². The molecule has 0 aliphatic carbocycles. The number of carbonyl (C=O) groups excluding carboxylic acids is 2. The van der Waals surface area contributed by atoms with E-state index < -0.39 is 23.7 Å². The Morgan fingerprint density at radius 1 is 1.27 bits per heavy atom. The highest BCUT2D eigenvalue weighted by molar-refractivity contribution is 5.89. The van der Waals surface area contributed by atoms with E-state index in [0.717, 1.165) is 12.1 Å². The van der Waals surface area contributed by atoms with Crippen LogP contribution in [0.1, 0.15) is 50.1 Å². The van der Waals surface area contributed by atoms with Crippen molar-refractivity contribution in [1.29, 1.82) is 0 Å². The van der Waals surface area contributed by atoms with Gasteiger partial charge in [-0.3, -0.25) is 9.59 Å². The van der Waals surface area contributed by atoms with Gasteiger partial charge in [0.2, 0.25) is 11.8 Å². The molecule has 162 valence electrons. The van der Waals surface area contributed by atoms with E-state index in [9.17, 15) is 22.8 Å². The Kier molecular flexibility index (Phi) is 5.92. The zero-order chi connectivity index (χ0) is 22.2. The standard InChI is InChI=1S/C21H25F3N4O2/c1-12(2)27-11-15(8-19(27)29)20(30)26-13(3)18-10-25-28(14(18)4)17-7-5-6-16(9-17)21(22,23)24/h5-7,9-10,12-13,15H,8,11H2,1-4H3,(H,26,30)/t13-,15+/m1/s1. The lowest BCUT2D eigenvalue weighted by molar-refractivity contribution is -0.137. The Labute approximate surface area is 173 Å². The van der Waals surface area contributed by atoms with Crippen LogP contribution in [0.15, 0.2) is 30.5 Å². The number of likely N-dealkylation sites (tertiary alicyclic amines) is 1. The fraction of sp³-hybridized carbons (Fsp3) is 0.476. The molecule has 1 aliphatic heterocycles. The lowest BCUT2D eigenvalue weighted by Gasteiger charge is -2.21. The molecule has 2 amide bonds. The normalized spacial score (nSPS) is 18.2. The van der Waals surface area contributed by atoms with Crippen molar-refractivity contribution in [1.82, 2.24) is 20.0 Å². The average Bonchev–Trinajstić information content (AvgIpc) is 3.24. The number of rotatable bonds is 5. The number of aromatic nitrogens is 2. The molecule has 9 heteroatoms. The van der Waals surface area contributed by atoms with Crippen molar-refractivity contribution >= 4 is 11.8 Å². The molecule has 0 spiro atoms. The molecule has 3 rings (SSSR count). The number of halogens is 3. The van der Waals surface area contributed by atoms with Gasteiger partial charge in [0.15, 0.2) is 0 Å². The summed E-state index contributed by atoms with van der Waals surface area (Å²) in [4.78, 5) is 26.4. The van der Waals surface area contributed by atoms with Crippen LogP contribution in [-0.2, 0) is 15.8 Å². The second kappa shape index (κ2) is 8.12. The highest BCUT2D eigenvalue weighted by Gasteiger charge is 2.36. The van der Waals surface area contributed by atoms with Crippen LogP contribution in [0.4, 0.5) is 13.2 Å². The number of hydrogen-bond acceptors (Lipinski definition) is 3. The minimum atomic E-state index is -4.44. The molecule has 0 radical (unpaired) electrons. The minimum Gasteiger partial charge on any atom is -0.349 e. The largest absolute Gasteiger partial charge is 0.416 e. The molecule has 2 atom stereocenters. The van der Waals surface area contributed by atoms with Gasteiger partial charge >= 0.3 is 6.18 Å². The van der Waals surface area contributed by atoms with Crippen LogP contribution in [0, 0.1) is 12.8 Å². The summed E-state index contributed by atoms with van der Waals surface area (Å²) in [7, 11) is 0. The van der Waals surface area contributed by atoms with Crippen molar-refractivity contribution in [3.8, 4) is 5.69 Å². The predicted molar refractivity (Wildman–Crippen MR) is 105 cm³/mol. The van der Waals surface area contributed by atoms with Crippen LogP contribution in [0.3, 0.4) is 0 Å². The molecule has 1 saturated heterocycles. The first-order valence-corrected chi connectivity index (χ1v) is 9.81. The Balaban J connectivity index is 1.75. The highest BCUT2D eigenvalue weighted by Crippen LogP contribution is 2.31. The topological polar surface area (TPSA) is 67.2 Å². The zero-order valence-electron chi connectivity index (χ0n) is 17.3. The van der Waals surface area contributed by atoms with Crippen LogP contribution < -0.4 is 5.32 Å². The first-order valence-electron chi connectivity index (χ1n) is 9.81. The first kappa shape index (κ1) is 21.9. The van der Waals surface area contributed by atoms with Crippen LogP contribution >= 0.6 is 0 Å². The van der Waals surface area contributed by atoms with Crippen molar-refractivity contribution in [2.45, 2.75) is 52.4 Å². The second-order valence-corrected chi connectivity index (χ2v) is 7.92. The van der Waals surface area contributed by atoms with Gasteiger partial charge in [0.1, 0.15) is 0 Å². The van der Waals surface area contributed by atoms with E-state index >= 15 is 0 Å². The van der Waals surface area contributed by atoms with E-state index in [1.807, 2.05) is 13.8 Å². The van der Waals surface area contributed by atoms with E-state index in [-0.39, 0.29) is 24.3 Å². The number of hydrogen-bond donors (Lipinski definition) is 1. The van der Waals surface area contributed by atoms with Gasteiger partial charge in [-0.05, 0) is 45.9 Å². The lowest BCUT2D eigenvalue weighted by atomic mass is 10.1. The molecular formula is C21H25F3N4O2. The Morgan fingerprint density at radius 2 is 1.97 bits per heavy atom. The minimum absolute atomic E-state index is 0.0358. The maximum Gasteiger partial charge on any atom is 0.416 e. The third-order valence-electron chi connectivity index (χ3n) is 5.44. The molecule has 1 aliphatic rings. The Hall–Kier alpha value is -2.84. The summed E-state index contributed by atoms with van der Waals surface area (Å²) in [5.74, 6) is -0.669. The number of amides is 2. The summed E-state index contributed by atoms with van der Waals surface area (Å²) in [6, 6.07) is 4.57. The molecule has 6 nitrogen and oxygen atoms in total. The first-order chi connectivity index (χ1) is 14.0. The molecule has 1 fully saturated rings. The van der Waals surface area contributed by atoms with Crippen molar-refractivity contribution in [2.24, 2.45) is 5.92 Å². The van der Waals surface area contributed by atoms with Crippen molar-refractivity contribution in [3.63, 3.8) is 0 Å². The predicted octanol–water partition coefficient (Wildman–Crippen LogP) is 3.63. The second-order valence-electron chi connectivity index (χ2n) is 7.92. The number of benzene rings is 1. The number of alkyl halides is 3. The Morgan fingerprint density at radius 3 is 2.57 bits per heavy atom. The van der Waals surface area contributed by atoms with Crippen LogP contribution in [0.5, 0.6) is 0 Å². The van der Waals surface area contributed by atoms with Crippen LogP contribution in [0.2, 0.25) is 0 Å². The summed E-state index contributed by atoms with van der Waals surface area (Å²) in [6.07, 6.45) is -2.72. The molecule has 30 heavy (non-hydrogen) atoms. The van der Waals surface area contributed by atoms with Crippen molar-refractivity contribution in [2.75, 3.05) is 6.54 Å². The van der Waals surface area contributed by atoms with E-state index in [4.69, 9.17) is 0 Å². The fourth-order valence-electron chi connectivity index (χ4n) is 3.74. The Bertz CT molecular complexity index is 952. The van der Waals surface area contributed by atoms with Gasteiger partial charge in [-0.1, -0.05) is 6.07 Å². The zero-order valence-corrected chi connectivity index (χ0v) is 17.3. The number of nitrogens with zero attached hydrogens (tertiary/aromatic N) is 3. The maximum absolute atomic E-state index is 13.0. The summed E-state index contributed by atoms with van der Waals surface area (Å²) < 4.78 is 40.5. The lowest BCUT2D eigenvalue weighted by Crippen LogP contribution is -2.36. The van der Waals surface area contributed by atoms with Gasteiger partial charge in [0.25, 0.3) is 0 Å². The monoisotopic (exact) mass is 422 g/mol. The van der Waals surface area contributed by atoms with Crippen LogP contribution in [0.25, 0.3) is 5.69 Å². The molecule has 1 aromatic carbocycles. The van der Waals surface area contributed by atoms with Crippen molar-refractivity contribution in [3.05, 3.63) is 47.3 Å². The molecular weight excluding hydrogens is 397 g/mol. The van der Waals surface area contributed by atoms with E-state index in [0.29, 0.717) is 23.5 Å². The molecule has 1 N–H and O–H groups in total. The molecule has 1 aromatic heterocycles. The summed E-state index contributed by atoms with van der Waals surface area (Å²) in [5.41, 5.74) is 0.874. The van der Waals surface area contributed by atoms with E-state index in [2.05, 4.69) is 10.4 Å². The third kappa shape index (κ3) is 4.34. The van der Waals surface area contributed by atoms with Gasteiger partial charge in [-0.15, -0.1) is 0 Å².